The Balaban J connectivity index is 0.000000871. The zero-order valence-electron chi connectivity index (χ0n) is 36.3. The largest absolute Gasteiger partial charge is 0 e. The van der Waals surface area contributed by atoms with Gasteiger partial charge in [-0.1, -0.05) is 104 Å². The molecule has 0 heterocycles. The Labute approximate surface area is 361 Å². The summed E-state index contributed by atoms with van der Waals surface area (Å²) in [6.07, 6.45) is 10.4. The van der Waals surface area contributed by atoms with Gasteiger partial charge in [-0.3, -0.25) is 9.79 Å². The van der Waals surface area contributed by atoms with Crippen LogP contribution in [-0.4, -0.2) is 75.7 Å². The number of nitrogens with zero attached hydrogens (tertiary/aromatic N) is 3. The van der Waals surface area contributed by atoms with Crippen molar-refractivity contribution < 1.29 is 18.6 Å². The van der Waals surface area contributed by atoms with Crippen LogP contribution in [0, 0.1) is 0 Å². The van der Waals surface area contributed by atoms with Gasteiger partial charge in [0.15, 0.2) is 5.78 Å². The Bertz CT molecular complexity index is 1510. The van der Waals surface area contributed by atoms with Crippen LogP contribution in [0.3, 0.4) is 0 Å². The van der Waals surface area contributed by atoms with Gasteiger partial charge in [0.25, 0.3) is 0 Å². The van der Waals surface area contributed by atoms with Gasteiger partial charge >= 0.3 is 49.6 Å². The number of likely N-dealkylation sites (N-methyl/N-ethyl adjacent to an activating group) is 2. The summed E-state index contributed by atoms with van der Waals surface area (Å²) in [5.41, 5.74) is 16.2. The Morgan fingerprint density at radius 3 is 1.39 bits per heavy atom. The molecule has 0 saturated carbocycles. The van der Waals surface area contributed by atoms with E-state index in [9.17, 15) is 4.79 Å². The van der Waals surface area contributed by atoms with Crippen molar-refractivity contribution in [1.29, 1.82) is 0 Å². The molecule has 4 N–H and O–H groups in total. The number of ketones is 1. The molecule has 0 aromatic heterocycles. The van der Waals surface area contributed by atoms with E-state index in [1.807, 2.05) is 20.2 Å². The van der Waals surface area contributed by atoms with Crippen LogP contribution in [-0.2, 0) is 17.1 Å². The molecule has 56 heavy (non-hydrogen) atoms. The van der Waals surface area contributed by atoms with E-state index >= 15 is 0 Å². The molecule has 318 valence electrons. The zero-order chi connectivity index (χ0) is 42.6. The van der Waals surface area contributed by atoms with Gasteiger partial charge in [-0.2, -0.15) is 0 Å². The first-order chi connectivity index (χ1) is 26.2. The normalized spacial score (nSPS) is 15.3. The number of para-hydroxylation sites is 2. The number of aliphatic imine (C=N–C) groups is 1. The topological polar surface area (TPSA) is 86.0 Å². The van der Waals surface area contributed by atoms with Gasteiger partial charge in [0.05, 0.1) is 23.7 Å². The number of hydrogen-bond donors (Lipinski definition) is 3. The maximum absolute atomic E-state index is 12.0. The molecule has 0 amide bonds. The van der Waals surface area contributed by atoms with Gasteiger partial charge < -0.3 is 26.2 Å². The molecular weight excluding hydrogens is 818 g/mol. The van der Waals surface area contributed by atoms with Crippen LogP contribution in [0.1, 0.15) is 141 Å². The van der Waals surface area contributed by atoms with Crippen LogP contribution in [0.4, 0.5) is 11.4 Å². The number of rotatable bonds is 13. The molecule has 2 aliphatic rings. The summed E-state index contributed by atoms with van der Waals surface area (Å²) < 4.78 is 0. The maximum Gasteiger partial charge on any atom is 0 e. The predicted octanol–water partition coefficient (Wildman–Crippen LogP) is 12.9. The smallest absolute Gasteiger partial charge is 0 e. The average molecular weight is 893 g/mol. The minimum absolute atomic E-state index is 0. The SMILES string of the molecule is CC(C)c1cccc(C(C)C)c1NC1=CCCCC1=NCCN(C)C.CC(C)c1cccc(C(C)C)c1NC1=CCCCC1=O.CN(C)CCN.[Cl][Ti]([Cl])([Cl])[Cl].[HH]. The fourth-order valence-corrected chi connectivity index (χ4v) is 6.24. The molecule has 4 rings (SSSR count). The molecule has 2 aromatic rings. The van der Waals surface area contributed by atoms with Crippen molar-refractivity contribution in [3.8, 4) is 0 Å². The summed E-state index contributed by atoms with van der Waals surface area (Å²) in [7, 11) is 28.3. The molecule has 0 spiro atoms. The van der Waals surface area contributed by atoms with E-state index in [2.05, 4.69) is 132 Å². The number of nitrogens with two attached hydrogens (primary N) is 1. The quantitative estimate of drug-likeness (QED) is 0.174. The Morgan fingerprint density at radius 1 is 0.679 bits per heavy atom. The minimum atomic E-state index is -3.11. The van der Waals surface area contributed by atoms with Crippen LogP contribution in [0.2, 0.25) is 0 Å². The summed E-state index contributed by atoms with van der Waals surface area (Å²) >= 11 is -3.11. The second kappa shape index (κ2) is 27.4. The Morgan fingerprint density at radius 2 is 1.05 bits per heavy atom. The summed E-state index contributed by atoms with van der Waals surface area (Å²) in [5, 5.41) is 7.23. The summed E-state index contributed by atoms with van der Waals surface area (Å²) in [5.74, 6) is 2.12. The molecule has 0 unspecified atom stereocenters. The number of nitrogens with one attached hydrogen (secondary N) is 2. The van der Waals surface area contributed by atoms with Crippen LogP contribution >= 0.6 is 37.2 Å². The van der Waals surface area contributed by atoms with E-state index in [1.54, 1.807) is 0 Å². The van der Waals surface area contributed by atoms with Crippen LogP contribution in [0.15, 0.2) is 64.9 Å². The van der Waals surface area contributed by atoms with Gasteiger partial charge in [0.2, 0.25) is 0 Å². The van der Waals surface area contributed by atoms with Gasteiger partial charge in [0, 0.05) is 38.9 Å². The second-order valence-corrected chi connectivity index (χ2v) is 31.6. The van der Waals surface area contributed by atoms with Gasteiger partial charge in [-0.05, 0) is 106 Å². The van der Waals surface area contributed by atoms with Crippen molar-refractivity contribution >= 4 is 60.1 Å². The Hall–Kier alpha value is -1.39. The number of carbonyl (C=O) groups is 1. The standard InChI is InChI=1S/C22H35N3.C18H25NO.C4H12N2.4ClH.Ti.H2/c1-16(2)18-10-9-11-19(17(3)4)22(18)24-21-13-8-7-12-20(21)23-14-15-25(5)6;1-12(2)14-8-7-9-15(13(3)4)18(14)19-16-10-5-6-11-17(16)20;1-6(2)4-3-5;;;;;;/h9-11,13,16-17,24H,7-8,12,14-15H2,1-6H3;7-10,12-13,19H,5-6,11H2,1-4H3;3-5H2,1-2H3;4*1H;;1H/q;;;;;;;+4;/p-4. The van der Waals surface area contributed by atoms with Crippen molar-refractivity contribution in [2.75, 3.05) is 65.0 Å². The van der Waals surface area contributed by atoms with E-state index in [-0.39, 0.29) is 7.21 Å². The van der Waals surface area contributed by atoms with E-state index in [0.29, 0.717) is 30.1 Å². The van der Waals surface area contributed by atoms with E-state index in [4.69, 9.17) is 47.9 Å². The molecule has 2 aromatic carbocycles. The molecular formula is C44H74Cl4N6OTi. The zero-order valence-corrected chi connectivity index (χ0v) is 40.9. The number of Topliss-reactive ketones (excluding diaryl/α,β-unsaturated/α-hetero) is 1. The van der Waals surface area contributed by atoms with Gasteiger partial charge in [-0.25, -0.2) is 0 Å². The molecule has 2 aliphatic carbocycles. The summed E-state index contributed by atoms with van der Waals surface area (Å²) in [6, 6.07) is 13.1. The summed E-state index contributed by atoms with van der Waals surface area (Å²) in [4.78, 5) is 21.2. The summed E-state index contributed by atoms with van der Waals surface area (Å²) in [6.45, 7) is 21.5. The first-order valence-electron chi connectivity index (χ1n) is 20.2. The number of allylic oxidation sites excluding steroid dienone is 4. The molecule has 7 nitrogen and oxygen atoms in total. The minimum Gasteiger partial charge on any atom is 0 e. The maximum atomic E-state index is 12.0. The van der Waals surface area contributed by atoms with Gasteiger partial charge in [0.1, 0.15) is 0 Å². The first-order valence-corrected chi connectivity index (χ1v) is 28.8. The van der Waals surface area contributed by atoms with Crippen LogP contribution in [0.5, 0.6) is 0 Å². The monoisotopic (exact) mass is 890 g/mol. The van der Waals surface area contributed by atoms with Crippen molar-refractivity contribution in [2.24, 2.45) is 10.7 Å². The Kier molecular flexibility index (Phi) is 25.7. The molecule has 0 atom stereocenters. The second-order valence-electron chi connectivity index (χ2n) is 16.1. The number of benzene rings is 2. The van der Waals surface area contributed by atoms with Gasteiger partial charge in [-0.15, -0.1) is 0 Å². The third-order valence-electron chi connectivity index (χ3n) is 9.23. The molecule has 12 heteroatoms. The third kappa shape index (κ3) is 21.0. The molecule has 0 saturated heterocycles. The van der Waals surface area contributed by atoms with E-state index in [0.717, 1.165) is 63.2 Å². The van der Waals surface area contributed by atoms with Crippen LogP contribution in [0.25, 0.3) is 0 Å². The van der Waals surface area contributed by atoms with E-state index in [1.165, 1.54) is 45.8 Å². The molecule has 0 aliphatic heterocycles. The number of carbonyl (C=O) groups excluding carboxylic acids is 1. The van der Waals surface area contributed by atoms with E-state index < -0.39 is 12.3 Å². The van der Waals surface area contributed by atoms with Crippen molar-refractivity contribution in [3.63, 3.8) is 0 Å². The number of hydrogen-bond acceptors (Lipinski definition) is 7. The van der Waals surface area contributed by atoms with Crippen molar-refractivity contribution in [2.45, 2.75) is 118 Å². The van der Waals surface area contributed by atoms with Crippen molar-refractivity contribution in [3.05, 3.63) is 82.2 Å². The third-order valence-corrected chi connectivity index (χ3v) is 9.23. The molecule has 0 fully saturated rings. The van der Waals surface area contributed by atoms with Crippen LogP contribution < -0.4 is 16.4 Å². The average Bonchev–Trinajstić information content (AvgIpc) is 3.09. The fourth-order valence-electron chi connectivity index (χ4n) is 6.24. The predicted molar refractivity (Wildman–Crippen MR) is 249 cm³/mol. The fraction of sp³-hybridized carbons (Fsp3) is 0.591. The molecule has 0 radical (unpaired) electrons. The number of halogens is 4. The molecule has 0 bridgehead atoms. The number of anilines is 2. The first kappa shape index (κ1) is 52.6. The van der Waals surface area contributed by atoms with Crippen molar-refractivity contribution in [1.82, 2.24) is 9.80 Å².